The molecule has 0 heterocycles. The van der Waals surface area contributed by atoms with Crippen molar-refractivity contribution in [3.8, 4) is 0 Å². The molecule has 0 heteroatoms. The lowest BCUT2D eigenvalue weighted by Crippen LogP contribution is -2.23. The molecule has 0 aliphatic heterocycles. The third kappa shape index (κ3) is 5.61. The van der Waals surface area contributed by atoms with Crippen molar-refractivity contribution in [1.82, 2.24) is 0 Å². The van der Waals surface area contributed by atoms with Crippen LogP contribution in [0, 0.1) is 29.6 Å². The van der Waals surface area contributed by atoms with E-state index in [0.717, 1.165) is 29.6 Å². The lowest BCUT2D eigenvalue weighted by Gasteiger charge is -2.35. The van der Waals surface area contributed by atoms with Crippen molar-refractivity contribution in [2.45, 2.75) is 104 Å². The van der Waals surface area contributed by atoms with Gasteiger partial charge in [-0.2, -0.15) is 0 Å². The van der Waals surface area contributed by atoms with Crippen LogP contribution in [0.5, 0.6) is 0 Å². The molecule has 0 amide bonds. The van der Waals surface area contributed by atoms with Gasteiger partial charge in [0.05, 0.1) is 0 Å². The fourth-order valence-electron chi connectivity index (χ4n) is 5.34. The van der Waals surface area contributed by atoms with Gasteiger partial charge in [-0.05, 0) is 48.9 Å². The minimum atomic E-state index is 1.00. The first kappa shape index (κ1) is 17.4. The van der Waals surface area contributed by atoms with Crippen LogP contribution in [0.15, 0.2) is 0 Å². The third-order valence-corrected chi connectivity index (χ3v) is 6.76. The molecule has 0 aromatic heterocycles. The van der Waals surface area contributed by atoms with Crippen LogP contribution in [0.25, 0.3) is 0 Å². The van der Waals surface area contributed by atoms with Gasteiger partial charge in [-0.15, -0.1) is 0 Å². The van der Waals surface area contributed by atoms with Gasteiger partial charge >= 0.3 is 0 Å². The molecule has 0 unspecified atom stereocenters. The highest BCUT2D eigenvalue weighted by atomic mass is 14.3. The van der Waals surface area contributed by atoms with Gasteiger partial charge in [0.2, 0.25) is 0 Å². The van der Waals surface area contributed by atoms with E-state index in [2.05, 4.69) is 20.8 Å². The second-order valence-electron chi connectivity index (χ2n) is 8.46. The van der Waals surface area contributed by atoms with Crippen molar-refractivity contribution in [3.63, 3.8) is 0 Å². The summed E-state index contributed by atoms with van der Waals surface area (Å²) in [5.41, 5.74) is 0. The van der Waals surface area contributed by atoms with Crippen LogP contribution in [-0.4, -0.2) is 0 Å². The van der Waals surface area contributed by atoms with Gasteiger partial charge in [0.1, 0.15) is 0 Å². The van der Waals surface area contributed by atoms with Gasteiger partial charge < -0.3 is 0 Å². The first-order valence-electron chi connectivity index (χ1n) is 10.2. The molecule has 0 nitrogen and oxygen atoms in total. The SMILES string of the molecule is CCCC1CCC(C[C@@H](C)C2CCC(CCC)CC2)CC1. The molecule has 0 aromatic carbocycles. The Labute approximate surface area is 134 Å². The van der Waals surface area contributed by atoms with E-state index >= 15 is 0 Å². The number of rotatable bonds is 7. The van der Waals surface area contributed by atoms with Crippen molar-refractivity contribution >= 4 is 0 Å². The summed E-state index contributed by atoms with van der Waals surface area (Å²) in [4.78, 5) is 0. The molecular formula is C21H40. The minimum Gasteiger partial charge on any atom is -0.0654 e. The van der Waals surface area contributed by atoms with E-state index in [1.54, 1.807) is 19.3 Å². The van der Waals surface area contributed by atoms with E-state index in [1.165, 1.54) is 64.2 Å². The summed E-state index contributed by atoms with van der Waals surface area (Å²) in [5.74, 6) is 5.28. The Morgan fingerprint density at radius 1 is 0.667 bits per heavy atom. The maximum Gasteiger partial charge on any atom is -0.0388 e. The molecule has 124 valence electrons. The monoisotopic (exact) mass is 292 g/mol. The van der Waals surface area contributed by atoms with E-state index in [-0.39, 0.29) is 0 Å². The highest BCUT2D eigenvalue weighted by molar-refractivity contribution is 4.80. The third-order valence-electron chi connectivity index (χ3n) is 6.76. The van der Waals surface area contributed by atoms with Gasteiger partial charge in [0.25, 0.3) is 0 Å². The molecule has 2 aliphatic rings. The highest BCUT2D eigenvalue weighted by Crippen LogP contribution is 2.40. The van der Waals surface area contributed by atoms with E-state index in [1.807, 2.05) is 0 Å². The van der Waals surface area contributed by atoms with E-state index in [4.69, 9.17) is 0 Å². The minimum absolute atomic E-state index is 1.00. The highest BCUT2D eigenvalue weighted by Gasteiger charge is 2.28. The van der Waals surface area contributed by atoms with Crippen molar-refractivity contribution in [2.24, 2.45) is 29.6 Å². The molecule has 0 radical (unpaired) electrons. The van der Waals surface area contributed by atoms with Crippen LogP contribution in [-0.2, 0) is 0 Å². The Kier molecular flexibility index (Phi) is 7.61. The van der Waals surface area contributed by atoms with Crippen LogP contribution >= 0.6 is 0 Å². The largest absolute Gasteiger partial charge is 0.0654 e. The Balaban J connectivity index is 1.65. The summed E-state index contributed by atoms with van der Waals surface area (Å²) in [5, 5.41) is 0. The molecule has 0 N–H and O–H groups in total. The molecule has 0 spiro atoms. The van der Waals surface area contributed by atoms with Crippen molar-refractivity contribution in [3.05, 3.63) is 0 Å². The normalized spacial score (nSPS) is 35.6. The van der Waals surface area contributed by atoms with Crippen molar-refractivity contribution < 1.29 is 0 Å². The van der Waals surface area contributed by atoms with Gasteiger partial charge in [0, 0.05) is 0 Å². The fraction of sp³-hybridized carbons (Fsp3) is 1.00. The standard InChI is InChI=1S/C21H40/c1-4-6-18-8-10-20(11-9-18)16-17(3)21-14-12-19(7-5-2)13-15-21/h17-21H,4-16H2,1-3H3/t17-,18?,19?,20?,21?/m1/s1. The fourth-order valence-corrected chi connectivity index (χ4v) is 5.34. The van der Waals surface area contributed by atoms with Crippen LogP contribution < -0.4 is 0 Å². The average Bonchev–Trinajstić information content (AvgIpc) is 2.50. The molecule has 0 aromatic rings. The van der Waals surface area contributed by atoms with Crippen molar-refractivity contribution in [2.75, 3.05) is 0 Å². The molecule has 0 bridgehead atoms. The van der Waals surface area contributed by atoms with E-state index < -0.39 is 0 Å². The van der Waals surface area contributed by atoms with Gasteiger partial charge in [-0.3, -0.25) is 0 Å². The van der Waals surface area contributed by atoms with Gasteiger partial charge in [-0.25, -0.2) is 0 Å². The van der Waals surface area contributed by atoms with Crippen LogP contribution in [0.2, 0.25) is 0 Å². The molecule has 1 atom stereocenters. The molecule has 2 rings (SSSR count). The Morgan fingerprint density at radius 2 is 1.10 bits per heavy atom. The maximum atomic E-state index is 2.57. The second kappa shape index (κ2) is 9.21. The van der Waals surface area contributed by atoms with Gasteiger partial charge in [0.15, 0.2) is 0 Å². The van der Waals surface area contributed by atoms with Crippen LogP contribution in [0.4, 0.5) is 0 Å². The average molecular weight is 293 g/mol. The smallest absolute Gasteiger partial charge is 0.0388 e. The summed E-state index contributed by atoms with van der Waals surface area (Å²) in [6.45, 7) is 7.27. The Bertz CT molecular complexity index is 253. The van der Waals surface area contributed by atoms with Crippen LogP contribution in [0.3, 0.4) is 0 Å². The zero-order chi connectivity index (χ0) is 15.1. The predicted molar refractivity (Wildman–Crippen MR) is 94.5 cm³/mol. The zero-order valence-electron chi connectivity index (χ0n) is 15.1. The lowest BCUT2D eigenvalue weighted by molar-refractivity contribution is 0.161. The predicted octanol–water partition coefficient (Wildman–Crippen LogP) is 7.23. The van der Waals surface area contributed by atoms with Crippen molar-refractivity contribution in [1.29, 1.82) is 0 Å². The molecule has 2 fully saturated rings. The summed E-state index contributed by atoms with van der Waals surface area (Å²) in [6, 6.07) is 0. The zero-order valence-corrected chi connectivity index (χ0v) is 15.1. The lowest BCUT2D eigenvalue weighted by atomic mass is 9.70. The van der Waals surface area contributed by atoms with Gasteiger partial charge in [-0.1, -0.05) is 85.0 Å². The summed E-state index contributed by atoms with van der Waals surface area (Å²) in [6.07, 6.45) is 19.6. The summed E-state index contributed by atoms with van der Waals surface area (Å²) < 4.78 is 0. The van der Waals surface area contributed by atoms with E-state index in [0.29, 0.717) is 0 Å². The summed E-state index contributed by atoms with van der Waals surface area (Å²) >= 11 is 0. The van der Waals surface area contributed by atoms with E-state index in [9.17, 15) is 0 Å². The molecule has 2 saturated carbocycles. The quantitative estimate of drug-likeness (QED) is 0.464. The molecule has 21 heavy (non-hydrogen) atoms. The molecular weight excluding hydrogens is 252 g/mol. The maximum absolute atomic E-state index is 2.57. The number of hydrogen-bond donors (Lipinski definition) is 0. The number of hydrogen-bond acceptors (Lipinski definition) is 0. The Hall–Kier alpha value is 0. The second-order valence-corrected chi connectivity index (χ2v) is 8.46. The van der Waals surface area contributed by atoms with Crippen LogP contribution in [0.1, 0.15) is 104 Å². The molecule has 2 aliphatic carbocycles. The molecule has 0 saturated heterocycles. The topological polar surface area (TPSA) is 0 Å². The first-order chi connectivity index (χ1) is 10.2. The first-order valence-corrected chi connectivity index (χ1v) is 10.2. The summed E-state index contributed by atoms with van der Waals surface area (Å²) in [7, 11) is 0. The Morgan fingerprint density at radius 3 is 1.57 bits per heavy atom.